The fourth-order valence-corrected chi connectivity index (χ4v) is 3.07. The van der Waals surface area contributed by atoms with Crippen LogP contribution in [0.4, 0.5) is 5.82 Å². The van der Waals surface area contributed by atoms with E-state index in [-0.39, 0.29) is 10.4 Å². The summed E-state index contributed by atoms with van der Waals surface area (Å²) >= 11 is 6.19. The zero-order valence-corrected chi connectivity index (χ0v) is 12.2. The molecule has 0 spiro atoms. The molecule has 1 aliphatic rings. The van der Waals surface area contributed by atoms with Crippen LogP contribution in [0.3, 0.4) is 0 Å². The highest BCUT2D eigenvalue weighted by Crippen LogP contribution is 2.39. The predicted octanol–water partition coefficient (Wildman–Crippen LogP) is 2.69. The summed E-state index contributed by atoms with van der Waals surface area (Å²) in [6.07, 6.45) is 3.18. The van der Waals surface area contributed by atoms with Crippen LogP contribution in [0.2, 0.25) is 5.02 Å². The Morgan fingerprint density at radius 2 is 2.35 bits per heavy atom. The molecule has 0 aliphatic carbocycles. The van der Waals surface area contributed by atoms with Gasteiger partial charge in [-0.15, -0.1) is 0 Å². The van der Waals surface area contributed by atoms with Gasteiger partial charge in [0.05, 0.1) is 5.56 Å². The summed E-state index contributed by atoms with van der Waals surface area (Å²) in [5.74, 6) is -0.513. The van der Waals surface area contributed by atoms with Gasteiger partial charge in [0.1, 0.15) is 23.0 Å². The number of anilines is 1. The Hall–Kier alpha value is -1.80. The molecule has 20 heavy (non-hydrogen) atoms. The average molecular weight is 294 g/mol. The highest BCUT2D eigenvalue weighted by atomic mass is 35.5. The van der Waals surface area contributed by atoms with Crippen molar-refractivity contribution >= 4 is 23.4 Å². The first-order valence-corrected chi connectivity index (χ1v) is 6.80. The smallest absolute Gasteiger partial charge is 0.326 e. The maximum Gasteiger partial charge on any atom is 0.326 e. The molecule has 1 N–H and O–H groups in total. The maximum atomic E-state index is 11.6. The number of nitriles is 1. The number of pyridine rings is 1. The molecule has 0 bridgehead atoms. The van der Waals surface area contributed by atoms with Gasteiger partial charge in [0.2, 0.25) is 0 Å². The Labute approximate surface area is 122 Å². The highest BCUT2D eigenvalue weighted by Gasteiger charge is 2.43. The van der Waals surface area contributed by atoms with E-state index in [1.165, 1.54) is 12.3 Å². The third kappa shape index (κ3) is 2.44. The highest BCUT2D eigenvalue weighted by molar-refractivity contribution is 6.34. The molecule has 1 atom stereocenters. The molecule has 0 aromatic carbocycles. The largest absolute Gasteiger partial charge is 0.480 e. The van der Waals surface area contributed by atoms with E-state index in [0.717, 1.165) is 12.8 Å². The zero-order valence-electron chi connectivity index (χ0n) is 11.4. The molecular weight excluding hydrogens is 278 g/mol. The number of aromatic nitrogens is 1. The summed E-state index contributed by atoms with van der Waals surface area (Å²) in [7, 11) is 0. The van der Waals surface area contributed by atoms with E-state index < -0.39 is 12.0 Å². The third-order valence-electron chi connectivity index (χ3n) is 3.77. The van der Waals surface area contributed by atoms with Crippen LogP contribution in [-0.4, -0.2) is 28.6 Å². The number of carbonyl (C=O) groups is 1. The Balaban J connectivity index is 2.50. The van der Waals surface area contributed by atoms with Crippen molar-refractivity contribution in [1.29, 1.82) is 5.26 Å². The van der Waals surface area contributed by atoms with Gasteiger partial charge in [0.15, 0.2) is 0 Å². The average Bonchev–Trinajstić information content (AvgIpc) is 2.37. The fraction of sp³-hybridized carbons (Fsp3) is 0.500. The predicted molar refractivity (Wildman–Crippen MR) is 75.7 cm³/mol. The topological polar surface area (TPSA) is 77.2 Å². The van der Waals surface area contributed by atoms with E-state index in [1.807, 2.05) is 19.9 Å². The van der Waals surface area contributed by atoms with Crippen LogP contribution in [0.1, 0.15) is 32.3 Å². The van der Waals surface area contributed by atoms with Crippen molar-refractivity contribution in [1.82, 2.24) is 4.98 Å². The van der Waals surface area contributed by atoms with Crippen molar-refractivity contribution in [3.63, 3.8) is 0 Å². The van der Waals surface area contributed by atoms with Crippen LogP contribution >= 0.6 is 11.6 Å². The lowest BCUT2D eigenvalue weighted by atomic mass is 9.76. The van der Waals surface area contributed by atoms with Gasteiger partial charge in [0, 0.05) is 12.7 Å². The van der Waals surface area contributed by atoms with E-state index in [4.69, 9.17) is 16.9 Å². The molecule has 0 radical (unpaired) electrons. The van der Waals surface area contributed by atoms with Crippen LogP contribution in [-0.2, 0) is 4.79 Å². The summed E-state index contributed by atoms with van der Waals surface area (Å²) in [4.78, 5) is 17.5. The lowest BCUT2D eigenvalue weighted by molar-refractivity contribution is -0.142. The molecule has 1 aromatic heterocycles. The number of carboxylic acids is 1. The zero-order chi connectivity index (χ0) is 14.9. The summed E-state index contributed by atoms with van der Waals surface area (Å²) in [5, 5.41) is 18.8. The second-order valence-corrected chi connectivity index (χ2v) is 6.01. The Morgan fingerprint density at radius 3 is 2.95 bits per heavy atom. The number of aliphatic carboxylic acids is 1. The summed E-state index contributed by atoms with van der Waals surface area (Å²) in [6, 6.07) is 2.82. The molecule has 0 saturated carbocycles. The van der Waals surface area contributed by atoms with Gasteiger partial charge < -0.3 is 10.0 Å². The van der Waals surface area contributed by atoms with Gasteiger partial charge in [-0.05, 0) is 24.3 Å². The standard InChI is InChI=1S/C14H16ClN3O2/c1-14(2)5-3-7-18(11(14)13(19)20)12-10(15)9(8-16)4-6-17-12/h4,6,11H,3,5,7H2,1-2H3,(H,19,20). The molecule has 1 saturated heterocycles. The van der Waals surface area contributed by atoms with Gasteiger partial charge in [-0.2, -0.15) is 5.26 Å². The molecule has 106 valence electrons. The number of nitrogens with zero attached hydrogens (tertiary/aromatic N) is 3. The molecule has 1 fully saturated rings. The number of piperidine rings is 1. The number of carboxylic acid groups (broad SMARTS) is 1. The Kier molecular flexibility index (Phi) is 3.87. The SMILES string of the molecule is CC1(C)CCCN(c2nccc(C#N)c2Cl)C1C(=O)O. The van der Waals surface area contributed by atoms with Gasteiger partial charge in [-0.1, -0.05) is 25.4 Å². The number of hydrogen-bond donors (Lipinski definition) is 1. The number of hydrogen-bond acceptors (Lipinski definition) is 4. The number of rotatable bonds is 2. The summed E-state index contributed by atoms with van der Waals surface area (Å²) in [5.41, 5.74) is -0.0678. The van der Waals surface area contributed by atoms with Crippen molar-refractivity contribution in [2.45, 2.75) is 32.7 Å². The minimum absolute atomic E-state index is 0.221. The molecule has 5 nitrogen and oxygen atoms in total. The van der Waals surface area contributed by atoms with Gasteiger partial charge in [-0.25, -0.2) is 9.78 Å². The van der Waals surface area contributed by atoms with E-state index in [0.29, 0.717) is 17.9 Å². The van der Waals surface area contributed by atoms with Gasteiger partial charge in [-0.3, -0.25) is 0 Å². The Morgan fingerprint density at radius 1 is 1.65 bits per heavy atom. The van der Waals surface area contributed by atoms with Crippen LogP contribution in [0.5, 0.6) is 0 Å². The molecule has 1 aromatic rings. The monoisotopic (exact) mass is 293 g/mol. The van der Waals surface area contributed by atoms with E-state index in [1.54, 1.807) is 4.90 Å². The van der Waals surface area contributed by atoms with E-state index >= 15 is 0 Å². The van der Waals surface area contributed by atoms with Crippen molar-refractivity contribution in [3.8, 4) is 6.07 Å². The molecule has 2 rings (SSSR count). The number of halogens is 1. The maximum absolute atomic E-state index is 11.6. The Bertz CT molecular complexity index is 580. The minimum Gasteiger partial charge on any atom is -0.480 e. The van der Waals surface area contributed by atoms with E-state index in [9.17, 15) is 9.90 Å². The summed E-state index contributed by atoms with van der Waals surface area (Å²) in [6.45, 7) is 4.43. The van der Waals surface area contributed by atoms with Crippen LogP contribution < -0.4 is 4.90 Å². The fourth-order valence-electron chi connectivity index (χ4n) is 2.81. The molecule has 2 heterocycles. The van der Waals surface area contributed by atoms with Crippen molar-refractivity contribution in [2.24, 2.45) is 5.41 Å². The molecule has 1 unspecified atom stereocenters. The lowest BCUT2D eigenvalue weighted by Crippen LogP contribution is -2.54. The molecule has 6 heteroatoms. The lowest BCUT2D eigenvalue weighted by Gasteiger charge is -2.44. The quantitative estimate of drug-likeness (QED) is 0.907. The van der Waals surface area contributed by atoms with Crippen molar-refractivity contribution < 1.29 is 9.90 Å². The van der Waals surface area contributed by atoms with Gasteiger partial charge >= 0.3 is 5.97 Å². The first-order chi connectivity index (χ1) is 9.38. The normalized spacial score (nSPS) is 21.3. The molecular formula is C14H16ClN3O2. The molecule has 0 amide bonds. The first-order valence-electron chi connectivity index (χ1n) is 6.42. The second kappa shape index (κ2) is 5.29. The van der Waals surface area contributed by atoms with Crippen molar-refractivity contribution in [2.75, 3.05) is 11.4 Å². The molecule has 1 aliphatic heterocycles. The summed E-state index contributed by atoms with van der Waals surface area (Å²) < 4.78 is 0. The van der Waals surface area contributed by atoms with Gasteiger partial charge in [0.25, 0.3) is 0 Å². The third-order valence-corrected chi connectivity index (χ3v) is 4.14. The minimum atomic E-state index is -0.894. The van der Waals surface area contributed by atoms with E-state index in [2.05, 4.69) is 4.98 Å². The first kappa shape index (κ1) is 14.6. The van der Waals surface area contributed by atoms with Crippen LogP contribution in [0.15, 0.2) is 12.3 Å². The second-order valence-electron chi connectivity index (χ2n) is 5.63. The van der Waals surface area contributed by atoms with Crippen LogP contribution in [0.25, 0.3) is 0 Å². The van der Waals surface area contributed by atoms with Crippen LogP contribution in [0, 0.1) is 16.7 Å². The van der Waals surface area contributed by atoms with Crippen molar-refractivity contribution in [3.05, 3.63) is 22.8 Å².